The van der Waals surface area contributed by atoms with Crippen LogP contribution < -0.4 is 0 Å². The van der Waals surface area contributed by atoms with E-state index >= 15 is 0 Å². The minimum atomic E-state index is 0.0705. The summed E-state index contributed by atoms with van der Waals surface area (Å²) in [6.07, 6.45) is 5.05. The van der Waals surface area contributed by atoms with Crippen LogP contribution >= 0.6 is 0 Å². The molecule has 0 fully saturated rings. The van der Waals surface area contributed by atoms with E-state index in [1.807, 2.05) is 35.0 Å². The largest absolute Gasteiger partial charge is 0.461 e. The Bertz CT molecular complexity index is 1160. The summed E-state index contributed by atoms with van der Waals surface area (Å²) in [6, 6.07) is 13.9. The fraction of sp³-hybridized carbons (Fsp3) is 0.111. The summed E-state index contributed by atoms with van der Waals surface area (Å²) >= 11 is 0. The minimum Gasteiger partial charge on any atom is -0.461 e. The molecular weight excluding hydrogens is 316 g/mol. The maximum Gasteiger partial charge on any atom is 0.217 e. The standard InChI is InChI=1S/C18H14N6O/c1-12(13-6-3-2-4-7-13)24-17-14(10-20-24)18-21-16(15-8-5-9-25-15)22-23(18)11-19-17/h2-12H,1H3. The Balaban J connectivity index is 1.67. The highest BCUT2D eigenvalue weighted by Crippen LogP contribution is 2.25. The van der Waals surface area contributed by atoms with Gasteiger partial charge in [-0.05, 0) is 24.6 Å². The van der Waals surface area contributed by atoms with E-state index in [1.165, 1.54) is 5.56 Å². The first kappa shape index (κ1) is 13.9. The van der Waals surface area contributed by atoms with Gasteiger partial charge in [0.25, 0.3) is 0 Å². The van der Waals surface area contributed by atoms with E-state index in [-0.39, 0.29) is 6.04 Å². The monoisotopic (exact) mass is 330 g/mol. The molecule has 0 aliphatic heterocycles. The topological polar surface area (TPSA) is 74.0 Å². The number of hydrogen-bond donors (Lipinski definition) is 0. The fourth-order valence-corrected chi connectivity index (χ4v) is 3.01. The molecule has 0 N–H and O–H groups in total. The summed E-state index contributed by atoms with van der Waals surface area (Å²) in [4.78, 5) is 9.13. The summed E-state index contributed by atoms with van der Waals surface area (Å²) in [5, 5.41) is 9.83. The Labute approximate surface area is 142 Å². The summed E-state index contributed by atoms with van der Waals surface area (Å²) in [5.41, 5.74) is 2.66. The second-order valence-electron chi connectivity index (χ2n) is 5.84. The third-order valence-corrected chi connectivity index (χ3v) is 4.32. The quantitative estimate of drug-likeness (QED) is 0.507. The third kappa shape index (κ3) is 2.13. The molecule has 0 bridgehead atoms. The first-order chi connectivity index (χ1) is 12.3. The number of fused-ring (bicyclic) bond motifs is 3. The van der Waals surface area contributed by atoms with E-state index in [1.54, 1.807) is 23.3 Å². The van der Waals surface area contributed by atoms with Crippen LogP contribution in [0.15, 0.2) is 65.7 Å². The predicted octanol–water partition coefficient (Wildman–Crippen LogP) is 3.34. The van der Waals surface area contributed by atoms with E-state index in [2.05, 4.69) is 39.2 Å². The number of hydrogen-bond acceptors (Lipinski definition) is 5. The Morgan fingerprint density at radius 1 is 1.04 bits per heavy atom. The van der Waals surface area contributed by atoms with Crippen molar-refractivity contribution in [3.05, 3.63) is 66.8 Å². The average molecular weight is 330 g/mol. The van der Waals surface area contributed by atoms with Gasteiger partial charge in [-0.15, -0.1) is 5.10 Å². The molecular formula is C18H14N6O. The second kappa shape index (κ2) is 5.27. The van der Waals surface area contributed by atoms with Crippen LogP contribution in [0.2, 0.25) is 0 Å². The Morgan fingerprint density at radius 3 is 2.72 bits per heavy atom. The van der Waals surface area contributed by atoms with Gasteiger partial charge < -0.3 is 4.42 Å². The van der Waals surface area contributed by atoms with Crippen LogP contribution in [-0.4, -0.2) is 29.4 Å². The van der Waals surface area contributed by atoms with Crippen LogP contribution in [0.4, 0.5) is 0 Å². The molecule has 0 amide bonds. The SMILES string of the molecule is CC(c1ccccc1)n1ncc2c1ncn1nc(-c3ccco3)nc21. The maximum atomic E-state index is 5.38. The van der Waals surface area contributed by atoms with Crippen LogP contribution in [0.5, 0.6) is 0 Å². The molecule has 1 atom stereocenters. The van der Waals surface area contributed by atoms with Gasteiger partial charge in [0.05, 0.1) is 23.9 Å². The minimum absolute atomic E-state index is 0.0705. The van der Waals surface area contributed by atoms with Gasteiger partial charge in [0.2, 0.25) is 5.82 Å². The molecule has 4 aromatic heterocycles. The number of benzene rings is 1. The van der Waals surface area contributed by atoms with Crippen molar-refractivity contribution in [1.29, 1.82) is 0 Å². The molecule has 0 saturated heterocycles. The molecule has 0 spiro atoms. The van der Waals surface area contributed by atoms with Gasteiger partial charge in [0.15, 0.2) is 17.1 Å². The molecule has 25 heavy (non-hydrogen) atoms. The zero-order chi connectivity index (χ0) is 16.8. The summed E-state index contributed by atoms with van der Waals surface area (Å²) in [5.74, 6) is 1.16. The lowest BCUT2D eigenvalue weighted by atomic mass is 10.1. The highest BCUT2D eigenvalue weighted by Gasteiger charge is 2.17. The first-order valence-corrected chi connectivity index (χ1v) is 7.98. The Kier molecular flexibility index (Phi) is 2.93. The van der Waals surface area contributed by atoms with Crippen molar-refractivity contribution in [2.24, 2.45) is 0 Å². The van der Waals surface area contributed by atoms with Gasteiger partial charge in [-0.25, -0.2) is 19.2 Å². The van der Waals surface area contributed by atoms with Gasteiger partial charge in [-0.1, -0.05) is 30.3 Å². The number of rotatable bonds is 3. The summed E-state index contributed by atoms with van der Waals surface area (Å²) < 4.78 is 8.94. The lowest BCUT2D eigenvalue weighted by molar-refractivity contribution is 0.576. The van der Waals surface area contributed by atoms with E-state index in [4.69, 9.17) is 4.42 Å². The van der Waals surface area contributed by atoms with Gasteiger partial charge in [0.1, 0.15) is 6.33 Å². The van der Waals surface area contributed by atoms with Crippen LogP contribution in [-0.2, 0) is 0 Å². The normalized spacial score (nSPS) is 12.8. The van der Waals surface area contributed by atoms with E-state index in [0.29, 0.717) is 17.2 Å². The molecule has 0 aliphatic rings. The summed E-state index contributed by atoms with van der Waals surface area (Å²) in [6.45, 7) is 2.10. The maximum absolute atomic E-state index is 5.38. The molecule has 7 heteroatoms. The van der Waals surface area contributed by atoms with Gasteiger partial charge in [0, 0.05) is 0 Å². The van der Waals surface area contributed by atoms with E-state index in [9.17, 15) is 0 Å². The van der Waals surface area contributed by atoms with Crippen molar-refractivity contribution in [2.45, 2.75) is 13.0 Å². The molecule has 5 aromatic rings. The molecule has 1 unspecified atom stereocenters. The van der Waals surface area contributed by atoms with Crippen molar-refractivity contribution < 1.29 is 4.42 Å². The molecule has 4 heterocycles. The van der Waals surface area contributed by atoms with Crippen LogP contribution in [0.3, 0.4) is 0 Å². The van der Waals surface area contributed by atoms with Crippen LogP contribution in [0.25, 0.3) is 28.3 Å². The van der Waals surface area contributed by atoms with Crippen molar-refractivity contribution in [1.82, 2.24) is 29.4 Å². The first-order valence-electron chi connectivity index (χ1n) is 7.98. The molecule has 122 valence electrons. The third-order valence-electron chi connectivity index (χ3n) is 4.32. The van der Waals surface area contributed by atoms with Crippen LogP contribution in [0, 0.1) is 0 Å². The average Bonchev–Trinajstić information content (AvgIpc) is 3.38. The van der Waals surface area contributed by atoms with Gasteiger partial charge in [-0.2, -0.15) is 5.10 Å². The van der Waals surface area contributed by atoms with Crippen molar-refractivity contribution >= 4 is 16.7 Å². The Hall–Kier alpha value is -3.48. The number of nitrogens with zero attached hydrogens (tertiary/aromatic N) is 6. The smallest absolute Gasteiger partial charge is 0.217 e. The van der Waals surface area contributed by atoms with Gasteiger partial charge >= 0.3 is 0 Å². The highest BCUT2D eigenvalue weighted by atomic mass is 16.3. The summed E-state index contributed by atoms with van der Waals surface area (Å²) in [7, 11) is 0. The van der Waals surface area contributed by atoms with E-state index < -0.39 is 0 Å². The second-order valence-corrected chi connectivity index (χ2v) is 5.84. The number of furan rings is 1. The van der Waals surface area contributed by atoms with E-state index in [0.717, 1.165) is 11.0 Å². The lowest BCUT2D eigenvalue weighted by Crippen LogP contribution is -2.09. The zero-order valence-corrected chi connectivity index (χ0v) is 13.4. The fourth-order valence-electron chi connectivity index (χ4n) is 3.01. The highest BCUT2D eigenvalue weighted by molar-refractivity contribution is 5.89. The Morgan fingerprint density at radius 2 is 1.92 bits per heavy atom. The van der Waals surface area contributed by atoms with Crippen molar-refractivity contribution in [3.63, 3.8) is 0 Å². The molecule has 0 saturated carbocycles. The van der Waals surface area contributed by atoms with Crippen molar-refractivity contribution in [3.8, 4) is 11.6 Å². The molecule has 1 aromatic carbocycles. The van der Waals surface area contributed by atoms with Crippen molar-refractivity contribution in [2.75, 3.05) is 0 Å². The van der Waals surface area contributed by atoms with Crippen LogP contribution in [0.1, 0.15) is 18.5 Å². The number of aromatic nitrogens is 6. The zero-order valence-electron chi connectivity index (χ0n) is 13.4. The lowest BCUT2D eigenvalue weighted by Gasteiger charge is -2.13. The molecule has 0 aliphatic carbocycles. The molecule has 0 radical (unpaired) electrons. The molecule has 7 nitrogen and oxygen atoms in total. The van der Waals surface area contributed by atoms with Gasteiger partial charge in [-0.3, -0.25) is 0 Å². The predicted molar refractivity (Wildman–Crippen MR) is 92.0 cm³/mol. The molecule has 5 rings (SSSR count).